The van der Waals surface area contributed by atoms with Crippen LogP contribution >= 0.6 is 0 Å². The van der Waals surface area contributed by atoms with Gasteiger partial charge in [-0.1, -0.05) is 65.8 Å². The van der Waals surface area contributed by atoms with Crippen molar-refractivity contribution in [3.8, 4) is 0 Å². The third kappa shape index (κ3) is 4.18. The molecule has 0 amide bonds. The molecule has 1 unspecified atom stereocenters. The summed E-state index contributed by atoms with van der Waals surface area (Å²) < 4.78 is 6.58. The normalized spacial score (nSPS) is 14.2. The predicted molar refractivity (Wildman–Crippen MR) is 92.9 cm³/mol. The van der Waals surface area contributed by atoms with Gasteiger partial charge in [0.15, 0.2) is 0 Å². The van der Waals surface area contributed by atoms with Crippen molar-refractivity contribution in [2.45, 2.75) is 77.8 Å². The highest BCUT2D eigenvalue weighted by Gasteiger charge is 2.44. The van der Waals surface area contributed by atoms with E-state index in [1.807, 2.05) is 12.1 Å². The molecule has 0 saturated heterocycles. The Hall–Kier alpha value is -0.643. The van der Waals surface area contributed by atoms with Crippen molar-refractivity contribution in [1.29, 1.82) is 0 Å². The molecule has 1 rings (SSSR count). The average molecular weight is 309 g/mol. The standard InChI is InChI=1S/C18H32O2Si/c1-13(2)21(14(3)4,15(5)6)20-12-17-8-10-18(11-9-17)16(7)19/h8-11,13-16,19H,12H2,1-7H3. The van der Waals surface area contributed by atoms with E-state index in [1.54, 1.807) is 6.92 Å². The molecule has 0 aliphatic rings. The van der Waals surface area contributed by atoms with Crippen molar-refractivity contribution in [1.82, 2.24) is 0 Å². The van der Waals surface area contributed by atoms with Crippen LogP contribution in [-0.4, -0.2) is 13.4 Å². The van der Waals surface area contributed by atoms with Gasteiger partial charge in [-0.2, -0.15) is 0 Å². The summed E-state index contributed by atoms with van der Waals surface area (Å²) in [5.74, 6) is 0. The van der Waals surface area contributed by atoms with Gasteiger partial charge in [-0.05, 0) is 34.7 Å². The topological polar surface area (TPSA) is 29.5 Å². The maximum atomic E-state index is 9.57. The van der Waals surface area contributed by atoms with Gasteiger partial charge >= 0.3 is 0 Å². The van der Waals surface area contributed by atoms with Crippen LogP contribution in [-0.2, 0) is 11.0 Å². The quantitative estimate of drug-likeness (QED) is 0.680. The number of rotatable bonds is 7. The first-order chi connectivity index (χ1) is 9.71. The van der Waals surface area contributed by atoms with Crippen molar-refractivity contribution in [3.05, 3.63) is 35.4 Å². The van der Waals surface area contributed by atoms with Crippen molar-refractivity contribution in [2.75, 3.05) is 0 Å². The van der Waals surface area contributed by atoms with Crippen LogP contribution in [0.1, 0.15) is 65.7 Å². The summed E-state index contributed by atoms with van der Waals surface area (Å²) in [4.78, 5) is 0. The molecule has 0 bridgehead atoms. The lowest BCUT2D eigenvalue weighted by Crippen LogP contribution is -2.47. The Morgan fingerprint density at radius 3 is 1.62 bits per heavy atom. The average Bonchev–Trinajstić information content (AvgIpc) is 2.38. The smallest absolute Gasteiger partial charge is 0.200 e. The molecular weight excluding hydrogens is 276 g/mol. The van der Waals surface area contributed by atoms with Gasteiger partial charge in [-0.3, -0.25) is 0 Å². The third-order valence-electron chi connectivity index (χ3n) is 4.66. The van der Waals surface area contributed by atoms with Gasteiger partial charge in [0.05, 0.1) is 12.7 Å². The Bertz CT molecular complexity index is 400. The van der Waals surface area contributed by atoms with Crippen LogP contribution < -0.4 is 0 Å². The molecule has 1 atom stereocenters. The van der Waals surface area contributed by atoms with Crippen LogP contribution in [0.25, 0.3) is 0 Å². The van der Waals surface area contributed by atoms with E-state index in [9.17, 15) is 5.11 Å². The first-order valence-electron chi connectivity index (χ1n) is 8.12. The fourth-order valence-corrected chi connectivity index (χ4v) is 9.02. The lowest BCUT2D eigenvalue weighted by molar-refractivity contribution is 0.199. The molecular formula is C18H32O2Si. The van der Waals surface area contributed by atoms with Crippen LogP contribution in [0.5, 0.6) is 0 Å². The van der Waals surface area contributed by atoms with E-state index in [1.165, 1.54) is 5.56 Å². The second-order valence-corrected chi connectivity index (χ2v) is 12.5. The van der Waals surface area contributed by atoms with E-state index in [4.69, 9.17) is 4.43 Å². The maximum Gasteiger partial charge on any atom is 0.200 e. The monoisotopic (exact) mass is 308 g/mol. The number of benzene rings is 1. The van der Waals surface area contributed by atoms with E-state index >= 15 is 0 Å². The van der Waals surface area contributed by atoms with E-state index in [2.05, 4.69) is 53.7 Å². The lowest BCUT2D eigenvalue weighted by Gasteiger charge is -2.42. The minimum Gasteiger partial charge on any atom is -0.412 e. The van der Waals surface area contributed by atoms with E-state index in [0.717, 1.165) is 5.56 Å². The van der Waals surface area contributed by atoms with Gasteiger partial charge in [0, 0.05) is 0 Å². The molecule has 0 spiro atoms. The summed E-state index contributed by atoms with van der Waals surface area (Å²) in [7, 11) is -1.80. The minimum absolute atomic E-state index is 0.407. The zero-order chi connectivity index (χ0) is 16.2. The second-order valence-electron chi connectivity index (χ2n) is 7.02. The summed E-state index contributed by atoms with van der Waals surface area (Å²) in [5, 5.41) is 9.57. The number of aliphatic hydroxyl groups excluding tert-OH is 1. The van der Waals surface area contributed by atoms with Crippen molar-refractivity contribution >= 4 is 8.32 Å². The lowest BCUT2D eigenvalue weighted by atomic mass is 10.1. The zero-order valence-electron chi connectivity index (χ0n) is 14.7. The molecule has 0 heterocycles. The van der Waals surface area contributed by atoms with E-state index in [-0.39, 0.29) is 0 Å². The number of hydrogen-bond donors (Lipinski definition) is 1. The minimum atomic E-state index is -1.80. The summed E-state index contributed by atoms with van der Waals surface area (Å²) in [6, 6.07) is 8.13. The molecule has 1 aromatic rings. The van der Waals surface area contributed by atoms with Crippen molar-refractivity contribution in [3.63, 3.8) is 0 Å². The number of aliphatic hydroxyl groups is 1. The van der Waals surface area contributed by atoms with Gasteiger partial charge in [0.2, 0.25) is 8.32 Å². The van der Waals surface area contributed by atoms with Gasteiger partial charge < -0.3 is 9.53 Å². The Balaban J connectivity index is 2.86. The molecule has 0 radical (unpaired) electrons. The predicted octanol–water partition coefficient (Wildman–Crippen LogP) is 5.43. The van der Waals surface area contributed by atoms with Gasteiger partial charge in [-0.25, -0.2) is 0 Å². The first kappa shape index (κ1) is 18.4. The zero-order valence-corrected chi connectivity index (χ0v) is 15.7. The third-order valence-corrected chi connectivity index (χ3v) is 10.7. The van der Waals surface area contributed by atoms with Crippen LogP contribution in [0.15, 0.2) is 24.3 Å². The molecule has 21 heavy (non-hydrogen) atoms. The van der Waals surface area contributed by atoms with Crippen LogP contribution in [0.4, 0.5) is 0 Å². The molecule has 3 heteroatoms. The summed E-state index contributed by atoms with van der Waals surface area (Å²) in [6.45, 7) is 16.3. The summed E-state index contributed by atoms with van der Waals surface area (Å²) >= 11 is 0. The van der Waals surface area contributed by atoms with E-state index < -0.39 is 14.4 Å². The Labute approximate surface area is 131 Å². The Kier molecular flexibility index (Phi) is 6.63. The highest BCUT2D eigenvalue weighted by molar-refractivity contribution is 6.77. The molecule has 0 aliphatic heterocycles. The van der Waals surface area contributed by atoms with Crippen LogP contribution in [0, 0.1) is 0 Å². The van der Waals surface area contributed by atoms with Crippen LogP contribution in [0.3, 0.4) is 0 Å². The Morgan fingerprint density at radius 1 is 0.857 bits per heavy atom. The molecule has 0 aliphatic carbocycles. The SMILES string of the molecule is CC(O)c1ccc(CO[Si](C(C)C)(C(C)C)C(C)C)cc1. The molecule has 120 valence electrons. The van der Waals surface area contributed by atoms with Gasteiger partial charge in [0.1, 0.15) is 0 Å². The van der Waals surface area contributed by atoms with Gasteiger partial charge in [-0.15, -0.1) is 0 Å². The largest absolute Gasteiger partial charge is 0.412 e. The summed E-state index contributed by atoms with van der Waals surface area (Å²) in [6.07, 6.45) is -0.407. The maximum absolute atomic E-state index is 9.57. The highest BCUT2D eigenvalue weighted by atomic mass is 28.4. The molecule has 0 fully saturated rings. The Morgan fingerprint density at radius 2 is 1.29 bits per heavy atom. The van der Waals surface area contributed by atoms with Crippen LogP contribution in [0.2, 0.25) is 16.6 Å². The molecule has 0 saturated carbocycles. The molecule has 1 N–H and O–H groups in total. The fourth-order valence-electron chi connectivity index (χ4n) is 3.60. The molecule has 2 nitrogen and oxygen atoms in total. The first-order valence-corrected chi connectivity index (χ1v) is 10.3. The van der Waals surface area contributed by atoms with Crippen molar-refractivity contribution < 1.29 is 9.53 Å². The van der Waals surface area contributed by atoms with Crippen molar-refractivity contribution in [2.24, 2.45) is 0 Å². The highest BCUT2D eigenvalue weighted by Crippen LogP contribution is 2.42. The number of hydrogen-bond acceptors (Lipinski definition) is 2. The second kappa shape index (κ2) is 7.57. The molecule has 0 aromatic heterocycles. The van der Waals surface area contributed by atoms with Gasteiger partial charge in [0.25, 0.3) is 0 Å². The van der Waals surface area contributed by atoms with E-state index in [0.29, 0.717) is 23.2 Å². The molecule has 1 aromatic carbocycles. The summed E-state index contributed by atoms with van der Waals surface area (Å²) in [5.41, 5.74) is 3.97. The fraction of sp³-hybridized carbons (Fsp3) is 0.667.